The van der Waals surface area contributed by atoms with E-state index in [1.807, 2.05) is 0 Å². The van der Waals surface area contributed by atoms with Crippen LogP contribution in [-0.4, -0.2) is 107 Å². The second-order valence-electron chi connectivity index (χ2n) is 9.03. The van der Waals surface area contributed by atoms with Crippen molar-refractivity contribution in [2.45, 2.75) is 32.7 Å². The lowest BCUT2D eigenvalue weighted by Crippen LogP contribution is -2.56. The van der Waals surface area contributed by atoms with Crippen molar-refractivity contribution >= 4 is 35.8 Å². The highest BCUT2D eigenvalue weighted by Crippen LogP contribution is 2.21. The van der Waals surface area contributed by atoms with E-state index in [0.717, 1.165) is 4.90 Å². The number of amides is 4. The lowest BCUT2D eigenvalue weighted by molar-refractivity contribution is -0.138. The van der Waals surface area contributed by atoms with Crippen LogP contribution in [0.25, 0.3) is 11.4 Å². The predicted octanol–water partition coefficient (Wildman–Crippen LogP) is 2.00. The number of benzene rings is 1. The highest BCUT2D eigenvalue weighted by molar-refractivity contribution is 5.98. The molecule has 220 valence electrons. The van der Waals surface area contributed by atoms with Crippen LogP contribution in [0.3, 0.4) is 0 Å². The zero-order valence-electron chi connectivity index (χ0n) is 23.2. The number of carboxylic acids is 1. The van der Waals surface area contributed by atoms with Crippen LogP contribution in [0.5, 0.6) is 0 Å². The van der Waals surface area contributed by atoms with Crippen molar-refractivity contribution in [1.82, 2.24) is 25.1 Å². The summed E-state index contributed by atoms with van der Waals surface area (Å²) in [5.74, 6) is -2.11. The van der Waals surface area contributed by atoms with Crippen LogP contribution in [0.2, 0.25) is 0 Å². The average molecular weight is 571 g/mol. The van der Waals surface area contributed by atoms with Crippen LogP contribution in [0.15, 0.2) is 36.4 Å². The summed E-state index contributed by atoms with van der Waals surface area (Å²) in [5, 5.41) is 11.9. The molecule has 4 amide bonds. The Morgan fingerprint density at radius 3 is 2.22 bits per heavy atom. The molecule has 0 spiro atoms. The highest BCUT2D eigenvalue weighted by Gasteiger charge is 2.31. The monoisotopic (exact) mass is 570 g/mol. The fourth-order valence-electron chi connectivity index (χ4n) is 4.05. The SMILES string of the molecule is CCOC(=O)N1CCN(C(=O)C(CCC(=O)O)NC(=O)c2cc(N(C)C(=O)OCC)nc(-c3ccccc3)n2)CC1. The van der Waals surface area contributed by atoms with Gasteiger partial charge in [0.05, 0.1) is 13.2 Å². The summed E-state index contributed by atoms with van der Waals surface area (Å²) in [7, 11) is 1.44. The fraction of sp³-hybridized carbons (Fsp3) is 0.444. The number of carboxylic acid groups (broad SMARTS) is 1. The lowest BCUT2D eigenvalue weighted by Gasteiger charge is -2.35. The van der Waals surface area contributed by atoms with Gasteiger partial charge in [0.1, 0.15) is 17.6 Å². The van der Waals surface area contributed by atoms with Gasteiger partial charge in [-0.2, -0.15) is 0 Å². The van der Waals surface area contributed by atoms with Gasteiger partial charge >= 0.3 is 18.2 Å². The van der Waals surface area contributed by atoms with Crippen LogP contribution in [-0.2, 0) is 19.1 Å². The van der Waals surface area contributed by atoms with Crippen molar-refractivity contribution in [3.8, 4) is 11.4 Å². The van der Waals surface area contributed by atoms with Crippen molar-refractivity contribution in [3.05, 3.63) is 42.1 Å². The Bertz CT molecular complexity index is 1250. The Labute approximate surface area is 237 Å². The quantitative estimate of drug-likeness (QED) is 0.430. The van der Waals surface area contributed by atoms with Gasteiger partial charge < -0.3 is 29.7 Å². The third kappa shape index (κ3) is 8.37. The van der Waals surface area contributed by atoms with Crippen LogP contribution in [0, 0.1) is 0 Å². The zero-order valence-corrected chi connectivity index (χ0v) is 23.2. The van der Waals surface area contributed by atoms with Crippen LogP contribution < -0.4 is 10.2 Å². The number of aromatic nitrogens is 2. The maximum absolute atomic E-state index is 13.4. The van der Waals surface area contributed by atoms with Gasteiger partial charge in [-0.05, 0) is 20.3 Å². The Hall–Kier alpha value is -4.75. The van der Waals surface area contributed by atoms with Crippen molar-refractivity contribution < 1.29 is 38.6 Å². The first-order valence-electron chi connectivity index (χ1n) is 13.2. The van der Waals surface area contributed by atoms with Gasteiger partial charge in [-0.25, -0.2) is 19.6 Å². The van der Waals surface area contributed by atoms with E-state index in [0.29, 0.717) is 5.56 Å². The van der Waals surface area contributed by atoms with E-state index in [1.54, 1.807) is 44.2 Å². The number of aliphatic carboxylic acids is 1. The minimum absolute atomic E-state index is 0.0888. The molecule has 1 fully saturated rings. The Balaban J connectivity index is 1.85. The molecule has 1 aromatic heterocycles. The largest absolute Gasteiger partial charge is 0.481 e. The second-order valence-corrected chi connectivity index (χ2v) is 9.03. The van der Waals surface area contributed by atoms with E-state index in [4.69, 9.17) is 9.47 Å². The molecule has 1 saturated heterocycles. The summed E-state index contributed by atoms with van der Waals surface area (Å²) in [6.07, 6.45) is -1.69. The van der Waals surface area contributed by atoms with Gasteiger partial charge in [-0.15, -0.1) is 0 Å². The van der Waals surface area contributed by atoms with Gasteiger partial charge in [-0.3, -0.25) is 19.3 Å². The molecule has 14 heteroatoms. The number of carbonyl (C=O) groups is 5. The number of anilines is 1. The summed E-state index contributed by atoms with van der Waals surface area (Å²) < 4.78 is 10.0. The maximum Gasteiger partial charge on any atom is 0.415 e. The van der Waals surface area contributed by atoms with E-state index in [2.05, 4.69) is 15.3 Å². The fourth-order valence-corrected chi connectivity index (χ4v) is 4.05. The maximum atomic E-state index is 13.4. The molecule has 0 bridgehead atoms. The minimum atomic E-state index is -1.17. The number of piperazine rings is 1. The molecule has 1 aliphatic heterocycles. The molecule has 1 aromatic carbocycles. The standard InChI is InChI=1S/C27H34N6O8/c1-4-40-26(38)31(3)21-17-20(28-23(30-21)18-9-7-6-8-10-18)24(36)29-19(11-12-22(34)35)25(37)32-13-15-33(16-14-32)27(39)41-5-2/h6-10,17,19H,4-5,11-16H2,1-3H3,(H,29,36)(H,34,35). The molecule has 1 aliphatic rings. The van der Waals surface area contributed by atoms with E-state index in [9.17, 15) is 29.1 Å². The number of hydrogen-bond acceptors (Lipinski definition) is 9. The molecular formula is C27H34N6O8. The summed E-state index contributed by atoms with van der Waals surface area (Å²) in [4.78, 5) is 75.3. The summed E-state index contributed by atoms with van der Waals surface area (Å²) in [6.45, 7) is 4.58. The summed E-state index contributed by atoms with van der Waals surface area (Å²) in [5.41, 5.74) is 0.448. The third-order valence-electron chi connectivity index (χ3n) is 6.23. The molecule has 1 atom stereocenters. The number of nitrogens with zero attached hydrogens (tertiary/aromatic N) is 5. The molecule has 41 heavy (non-hydrogen) atoms. The van der Waals surface area contributed by atoms with E-state index in [-0.39, 0.29) is 69.6 Å². The van der Waals surface area contributed by atoms with Crippen LogP contribution in [0.1, 0.15) is 37.2 Å². The molecular weight excluding hydrogens is 536 g/mol. The van der Waals surface area contributed by atoms with Crippen molar-refractivity contribution in [3.63, 3.8) is 0 Å². The number of rotatable bonds is 10. The topological polar surface area (TPSA) is 172 Å². The first-order chi connectivity index (χ1) is 19.6. The molecule has 2 heterocycles. The molecule has 3 rings (SSSR count). The molecule has 1 unspecified atom stereocenters. The van der Waals surface area contributed by atoms with E-state index >= 15 is 0 Å². The highest BCUT2D eigenvalue weighted by atomic mass is 16.6. The summed E-state index contributed by atoms with van der Waals surface area (Å²) >= 11 is 0. The normalized spacial score (nSPS) is 13.6. The second kappa shape index (κ2) is 14.6. The first kappa shape index (κ1) is 30.8. The molecule has 0 aliphatic carbocycles. The van der Waals surface area contributed by atoms with E-state index < -0.39 is 36.0 Å². The van der Waals surface area contributed by atoms with Gasteiger partial charge in [-0.1, -0.05) is 30.3 Å². The number of ether oxygens (including phenoxy) is 2. The van der Waals surface area contributed by atoms with Gasteiger partial charge in [0.25, 0.3) is 5.91 Å². The lowest BCUT2D eigenvalue weighted by atomic mass is 10.1. The number of hydrogen-bond donors (Lipinski definition) is 2. The number of nitrogens with one attached hydrogen (secondary N) is 1. The third-order valence-corrected chi connectivity index (χ3v) is 6.23. The van der Waals surface area contributed by atoms with Crippen molar-refractivity contribution in [2.24, 2.45) is 0 Å². The summed E-state index contributed by atoms with van der Waals surface area (Å²) in [6, 6.07) is 8.92. The van der Waals surface area contributed by atoms with Crippen LogP contribution >= 0.6 is 0 Å². The minimum Gasteiger partial charge on any atom is -0.481 e. The van der Waals surface area contributed by atoms with Gasteiger partial charge in [0, 0.05) is 51.3 Å². The van der Waals surface area contributed by atoms with E-state index in [1.165, 1.54) is 22.9 Å². The predicted molar refractivity (Wildman–Crippen MR) is 146 cm³/mol. The molecule has 2 N–H and O–H groups in total. The Kier molecular flexibility index (Phi) is 11.0. The molecule has 0 radical (unpaired) electrons. The van der Waals surface area contributed by atoms with Crippen LogP contribution in [0.4, 0.5) is 15.4 Å². The zero-order chi connectivity index (χ0) is 29.9. The average Bonchev–Trinajstić information content (AvgIpc) is 2.98. The molecule has 0 saturated carbocycles. The van der Waals surface area contributed by atoms with Crippen molar-refractivity contribution in [1.29, 1.82) is 0 Å². The Morgan fingerprint density at radius 1 is 0.976 bits per heavy atom. The number of carbonyl (C=O) groups excluding carboxylic acids is 4. The molecule has 14 nitrogen and oxygen atoms in total. The van der Waals surface area contributed by atoms with Gasteiger partial charge in [0.15, 0.2) is 5.82 Å². The molecule has 2 aromatic rings. The Morgan fingerprint density at radius 2 is 1.61 bits per heavy atom. The smallest absolute Gasteiger partial charge is 0.415 e. The van der Waals surface area contributed by atoms with Crippen molar-refractivity contribution in [2.75, 3.05) is 51.3 Å². The van der Waals surface area contributed by atoms with Gasteiger partial charge in [0.2, 0.25) is 5.91 Å². The first-order valence-corrected chi connectivity index (χ1v) is 13.2.